The number of hydrogen-bond acceptors (Lipinski definition) is 3. The fraction of sp³-hybridized carbons (Fsp3) is 0.417. The van der Waals surface area contributed by atoms with Gasteiger partial charge in [-0.05, 0) is 48.3 Å². The second-order valence-corrected chi connectivity index (χ2v) is 7.67. The summed E-state index contributed by atoms with van der Waals surface area (Å²) in [5.74, 6) is -0.805. The first-order valence-corrected chi connectivity index (χ1v) is 10.1. The zero-order valence-electron chi connectivity index (χ0n) is 17.1. The third-order valence-corrected chi connectivity index (χ3v) is 5.05. The summed E-state index contributed by atoms with van der Waals surface area (Å²) < 4.78 is 0. The highest BCUT2D eigenvalue weighted by molar-refractivity contribution is 5.80. The molecule has 0 saturated heterocycles. The Morgan fingerprint density at radius 1 is 0.821 bits per heavy atom. The van der Waals surface area contributed by atoms with Gasteiger partial charge in [-0.3, -0.25) is 4.79 Å². The number of hydroxylamine groups is 1. The molecule has 0 spiro atoms. The fourth-order valence-electron chi connectivity index (χ4n) is 2.82. The number of benzene rings is 2. The van der Waals surface area contributed by atoms with Crippen LogP contribution in [0.5, 0.6) is 0 Å². The molecule has 0 radical (unpaired) electrons. The van der Waals surface area contributed by atoms with Crippen LogP contribution in [0.15, 0.2) is 54.6 Å². The Bertz CT molecular complexity index is 738. The highest BCUT2D eigenvalue weighted by atomic mass is 16.7. The molecule has 28 heavy (non-hydrogen) atoms. The van der Waals surface area contributed by atoms with Crippen molar-refractivity contribution in [2.75, 3.05) is 0 Å². The number of unbranched alkanes of at least 4 members (excludes halogenated alkanes) is 1. The predicted octanol–water partition coefficient (Wildman–Crippen LogP) is 4.66. The Hall–Kier alpha value is -2.62. The van der Waals surface area contributed by atoms with Gasteiger partial charge in [0.2, 0.25) is 0 Å². The highest BCUT2D eigenvalue weighted by Crippen LogP contribution is 2.12. The van der Waals surface area contributed by atoms with Crippen molar-refractivity contribution in [3.05, 3.63) is 71.3 Å². The zero-order valence-corrected chi connectivity index (χ0v) is 17.1. The van der Waals surface area contributed by atoms with Crippen molar-refractivity contribution in [2.24, 2.45) is 11.8 Å². The van der Waals surface area contributed by atoms with Crippen LogP contribution in [-0.4, -0.2) is 11.9 Å². The minimum absolute atomic E-state index is 0.171. The molecule has 2 aromatic rings. The number of carbonyl (C=O) groups is 2. The molecule has 4 heteroatoms. The average molecular weight is 382 g/mol. The van der Waals surface area contributed by atoms with Gasteiger partial charge >= 0.3 is 5.97 Å². The van der Waals surface area contributed by atoms with Gasteiger partial charge in [-0.25, -0.2) is 4.79 Å². The summed E-state index contributed by atoms with van der Waals surface area (Å²) in [6.45, 7) is 5.67. The quantitative estimate of drug-likeness (QED) is 0.508. The van der Waals surface area contributed by atoms with E-state index >= 15 is 0 Å². The topological polar surface area (TPSA) is 55.4 Å². The Balaban J connectivity index is 1.68. The lowest BCUT2D eigenvalue weighted by atomic mass is 9.99. The molecule has 0 aliphatic carbocycles. The van der Waals surface area contributed by atoms with Crippen LogP contribution in [0.2, 0.25) is 0 Å². The van der Waals surface area contributed by atoms with Crippen LogP contribution in [0.4, 0.5) is 0 Å². The minimum atomic E-state index is -0.408. The van der Waals surface area contributed by atoms with Gasteiger partial charge in [-0.2, -0.15) is 5.48 Å². The molecule has 0 saturated carbocycles. The van der Waals surface area contributed by atoms with Crippen molar-refractivity contribution in [3.8, 4) is 0 Å². The van der Waals surface area contributed by atoms with E-state index in [1.54, 1.807) is 6.92 Å². The zero-order chi connectivity index (χ0) is 20.4. The molecule has 1 amide bonds. The van der Waals surface area contributed by atoms with Crippen molar-refractivity contribution in [1.82, 2.24) is 5.48 Å². The maximum absolute atomic E-state index is 12.0. The van der Waals surface area contributed by atoms with Gasteiger partial charge in [0, 0.05) is 0 Å². The van der Waals surface area contributed by atoms with E-state index in [0.29, 0.717) is 0 Å². The average Bonchev–Trinajstić information content (AvgIpc) is 2.70. The molecule has 2 aromatic carbocycles. The van der Waals surface area contributed by atoms with Crippen LogP contribution in [-0.2, 0) is 33.7 Å². The highest BCUT2D eigenvalue weighted by Gasteiger charge is 2.19. The molecule has 150 valence electrons. The number of nitrogens with one attached hydrogen (secondary N) is 1. The molecule has 1 N–H and O–H groups in total. The second-order valence-electron chi connectivity index (χ2n) is 7.67. The lowest BCUT2D eigenvalue weighted by Crippen LogP contribution is -2.32. The summed E-state index contributed by atoms with van der Waals surface area (Å²) >= 11 is 0. The van der Waals surface area contributed by atoms with Crippen LogP contribution >= 0.6 is 0 Å². The summed E-state index contributed by atoms with van der Waals surface area (Å²) in [6, 6.07) is 18.6. The maximum Gasteiger partial charge on any atom is 0.335 e. The Labute approximate surface area is 168 Å². The molecule has 0 fully saturated rings. The normalized spacial score (nSPS) is 11.9. The van der Waals surface area contributed by atoms with Gasteiger partial charge in [0.25, 0.3) is 5.91 Å². The van der Waals surface area contributed by atoms with E-state index in [1.807, 2.05) is 32.0 Å². The van der Waals surface area contributed by atoms with Crippen molar-refractivity contribution in [1.29, 1.82) is 0 Å². The third-order valence-electron chi connectivity index (χ3n) is 5.05. The predicted molar refractivity (Wildman–Crippen MR) is 111 cm³/mol. The molecule has 1 atom stereocenters. The standard InChI is InChI=1S/C24H31NO3/c1-18(2)19(3)24(27)28-25-23(26)17-22-15-13-21(14-16-22)12-8-7-11-20-9-5-4-6-10-20/h4-6,9-10,13-16,18-19H,7-8,11-12,17H2,1-3H3,(H,25,26)/t19-/m0/s1. The summed E-state index contributed by atoms with van der Waals surface area (Å²) in [5, 5.41) is 0. The number of amides is 1. The van der Waals surface area contributed by atoms with Crippen molar-refractivity contribution in [3.63, 3.8) is 0 Å². The van der Waals surface area contributed by atoms with Gasteiger partial charge < -0.3 is 4.84 Å². The summed E-state index contributed by atoms with van der Waals surface area (Å²) in [4.78, 5) is 28.6. The molecular weight excluding hydrogens is 350 g/mol. The van der Waals surface area contributed by atoms with Crippen molar-refractivity contribution in [2.45, 2.75) is 52.9 Å². The smallest absolute Gasteiger partial charge is 0.335 e. The van der Waals surface area contributed by atoms with E-state index in [2.05, 4.69) is 41.9 Å². The van der Waals surface area contributed by atoms with Gasteiger partial charge in [0.1, 0.15) is 0 Å². The SMILES string of the molecule is CC(C)[C@H](C)C(=O)ONC(=O)Cc1ccc(CCCCc2ccccc2)cc1. The molecule has 0 bridgehead atoms. The first kappa shape index (κ1) is 21.7. The van der Waals surface area contributed by atoms with E-state index in [1.165, 1.54) is 11.1 Å². The molecule has 0 aliphatic rings. The molecule has 2 rings (SSSR count). The number of rotatable bonds is 9. The molecule has 0 aliphatic heterocycles. The Morgan fingerprint density at radius 3 is 1.93 bits per heavy atom. The van der Waals surface area contributed by atoms with Crippen LogP contribution in [0.3, 0.4) is 0 Å². The summed E-state index contributed by atoms with van der Waals surface area (Å²) in [6.07, 6.45) is 4.63. The molecule has 0 aromatic heterocycles. The Kier molecular flexibility index (Phi) is 8.73. The number of aryl methyl sites for hydroxylation is 2. The monoisotopic (exact) mass is 381 g/mol. The molecule has 4 nitrogen and oxygen atoms in total. The second kappa shape index (κ2) is 11.3. The summed E-state index contributed by atoms with van der Waals surface area (Å²) in [5.41, 5.74) is 5.81. The van der Waals surface area contributed by atoms with Crippen LogP contribution in [0.1, 0.15) is 50.3 Å². The van der Waals surface area contributed by atoms with Crippen molar-refractivity contribution < 1.29 is 14.4 Å². The van der Waals surface area contributed by atoms with Crippen LogP contribution in [0.25, 0.3) is 0 Å². The van der Waals surface area contributed by atoms with Gasteiger partial charge in [0.05, 0.1) is 12.3 Å². The number of hydrogen-bond donors (Lipinski definition) is 1. The number of carbonyl (C=O) groups excluding carboxylic acids is 2. The maximum atomic E-state index is 12.0. The van der Waals surface area contributed by atoms with E-state index in [9.17, 15) is 9.59 Å². The largest absolute Gasteiger partial charge is 0.340 e. The van der Waals surface area contributed by atoms with E-state index in [4.69, 9.17) is 4.84 Å². The Morgan fingerprint density at radius 2 is 1.36 bits per heavy atom. The van der Waals surface area contributed by atoms with E-state index in [-0.39, 0.29) is 24.2 Å². The summed E-state index contributed by atoms with van der Waals surface area (Å²) in [7, 11) is 0. The molecule has 0 heterocycles. The third kappa shape index (κ3) is 7.55. The first-order chi connectivity index (χ1) is 13.5. The van der Waals surface area contributed by atoms with Crippen LogP contribution in [0, 0.1) is 11.8 Å². The first-order valence-electron chi connectivity index (χ1n) is 10.1. The molecular formula is C24H31NO3. The van der Waals surface area contributed by atoms with Gasteiger partial charge in [-0.15, -0.1) is 0 Å². The lowest BCUT2D eigenvalue weighted by Gasteiger charge is -2.14. The fourth-order valence-corrected chi connectivity index (χ4v) is 2.82. The van der Waals surface area contributed by atoms with Crippen LogP contribution < -0.4 is 5.48 Å². The van der Waals surface area contributed by atoms with Crippen molar-refractivity contribution >= 4 is 11.9 Å². The minimum Gasteiger partial charge on any atom is -0.340 e. The molecule has 0 unspecified atom stereocenters. The van der Waals surface area contributed by atoms with E-state index < -0.39 is 5.97 Å². The van der Waals surface area contributed by atoms with E-state index in [0.717, 1.165) is 31.2 Å². The lowest BCUT2D eigenvalue weighted by molar-refractivity contribution is -0.162. The van der Waals surface area contributed by atoms with Gasteiger partial charge in [-0.1, -0.05) is 75.4 Å². The van der Waals surface area contributed by atoms with Gasteiger partial charge in [0.15, 0.2) is 0 Å².